The number of carbonyl (C=O) groups is 1. The third kappa shape index (κ3) is 4.18. The van der Waals surface area contributed by atoms with Crippen molar-refractivity contribution in [3.05, 3.63) is 126 Å². The van der Waals surface area contributed by atoms with Crippen molar-refractivity contribution in [2.45, 2.75) is 23.8 Å². The lowest BCUT2D eigenvalue weighted by Crippen LogP contribution is -2.38. The van der Waals surface area contributed by atoms with Gasteiger partial charge in [-0.25, -0.2) is 9.79 Å². The van der Waals surface area contributed by atoms with Crippen LogP contribution in [-0.2, 0) is 11.2 Å². The highest BCUT2D eigenvalue weighted by Gasteiger charge is 2.32. The molecule has 0 saturated carbocycles. The number of hydrogen-bond donors (Lipinski definition) is 0. The predicted octanol–water partition coefficient (Wildman–Crippen LogP) is 4.83. The highest BCUT2D eigenvalue weighted by atomic mass is 32.2. The number of benzene rings is 3. The number of thioether (sulfide) groups is 1. The number of aromatic nitrogens is 1. The van der Waals surface area contributed by atoms with E-state index in [1.165, 1.54) is 34.5 Å². The second-order valence-electron chi connectivity index (χ2n) is 9.00. The number of carbonyl (C=O) groups excluding carboxylic acids is 1. The maximum atomic E-state index is 13.8. The summed E-state index contributed by atoms with van der Waals surface area (Å²) in [5, 5.41) is 0. The summed E-state index contributed by atoms with van der Waals surface area (Å²) < 4.78 is 7.27. The average Bonchev–Trinajstić information content (AvgIpc) is 3.26. The van der Waals surface area contributed by atoms with Crippen molar-refractivity contribution in [2.24, 2.45) is 4.99 Å². The van der Waals surface area contributed by atoms with Crippen LogP contribution in [0.15, 0.2) is 93.1 Å². The zero-order valence-corrected chi connectivity index (χ0v) is 22.1. The molecule has 2 heterocycles. The van der Waals surface area contributed by atoms with Crippen molar-refractivity contribution in [2.75, 3.05) is 13.4 Å². The summed E-state index contributed by atoms with van der Waals surface area (Å²) in [6.45, 7) is 0. The van der Waals surface area contributed by atoms with Crippen LogP contribution in [0.25, 0.3) is 11.8 Å². The van der Waals surface area contributed by atoms with Gasteiger partial charge < -0.3 is 4.74 Å². The van der Waals surface area contributed by atoms with Crippen LogP contribution in [0.5, 0.6) is 0 Å². The predicted molar refractivity (Wildman–Crippen MR) is 149 cm³/mol. The Balaban J connectivity index is 1.54. The molecular weight excluding hydrogens is 500 g/mol. The van der Waals surface area contributed by atoms with Crippen LogP contribution in [0.2, 0.25) is 0 Å². The largest absolute Gasteiger partial charge is 0.465 e. The summed E-state index contributed by atoms with van der Waals surface area (Å²) in [5.74, 6) is -0.385. The van der Waals surface area contributed by atoms with E-state index >= 15 is 0 Å². The zero-order chi connectivity index (χ0) is 25.5. The number of hydrogen-bond acceptors (Lipinski definition) is 6. The van der Waals surface area contributed by atoms with Gasteiger partial charge >= 0.3 is 5.97 Å². The van der Waals surface area contributed by atoms with Gasteiger partial charge in [0.1, 0.15) is 0 Å². The van der Waals surface area contributed by atoms with Gasteiger partial charge in [-0.05, 0) is 71.7 Å². The first kappa shape index (κ1) is 23.7. The van der Waals surface area contributed by atoms with Gasteiger partial charge in [-0.15, -0.1) is 11.8 Å². The van der Waals surface area contributed by atoms with E-state index in [-0.39, 0.29) is 17.6 Å². The van der Waals surface area contributed by atoms with Gasteiger partial charge in [0.15, 0.2) is 4.80 Å². The summed E-state index contributed by atoms with van der Waals surface area (Å²) in [5.41, 5.74) is 7.00. The number of ether oxygens (including phenoxy) is 1. The standard InChI is InChI=1S/C30H24N2O3S2/c1-35-29(34)21-9-7-18(8-10-21)17-25-28(33)32-27(20-11-14-22(36-2)15-12-20)24-16-13-19-5-3-4-6-23(19)26(24)31-30(32)37-25/h3-12,14-15,17,27H,13,16H2,1-2H3/b25-17-/t27-/m1/s1. The molecule has 2 aliphatic rings. The Morgan fingerprint density at radius 1 is 1.05 bits per heavy atom. The number of nitrogens with zero attached hydrogens (tertiary/aromatic N) is 2. The Bertz CT molecular complexity index is 1730. The third-order valence-corrected chi connectivity index (χ3v) is 8.66. The van der Waals surface area contributed by atoms with Crippen LogP contribution in [0, 0.1) is 0 Å². The minimum absolute atomic E-state index is 0.0508. The highest BCUT2D eigenvalue weighted by Crippen LogP contribution is 2.41. The molecule has 1 atom stereocenters. The quantitative estimate of drug-likeness (QED) is 0.284. The SMILES string of the molecule is COC(=O)c1ccc(/C=c2\sc3n(c2=O)[C@H](c2ccc(SC)cc2)C2=C(N=3)c3ccccc3CC2)cc1. The van der Waals surface area contributed by atoms with E-state index in [0.29, 0.717) is 14.9 Å². The molecule has 0 bridgehead atoms. The minimum atomic E-state index is -0.385. The molecule has 6 rings (SSSR count). The summed E-state index contributed by atoms with van der Waals surface area (Å²) in [6.07, 6.45) is 5.73. The number of esters is 1. The van der Waals surface area contributed by atoms with Crippen LogP contribution in [0.4, 0.5) is 0 Å². The number of methoxy groups -OCH3 is 1. The van der Waals surface area contributed by atoms with Crippen molar-refractivity contribution < 1.29 is 9.53 Å². The third-order valence-electron chi connectivity index (χ3n) is 6.93. The van der Waals surface area contributed by atoms with Gasteiger partial charge in [-0.3, -0.25) is 9.36 Å². The Morgan fingerprint density at radius 3 is 2.54 bits per heavy atom. The molecule has 184 valence electrons. The first-order chi connectivity index (χ1) is 18.1. The van der Waals surface area contributed by atoms with Crippen molar-refractivity contribution in [3.63, 3.8) is 0 Å². The molecule has 0 fully saturated rings. The number of thiazole rings is 1. The molecular formula is C30H24N2O3S2. The lowest BCUT2D eigenvalue weighted by atomic mass is 9.83. The molecule has 0 saturated heterocycles. The Kier molecular flexibility index (Phi) is 6.18. The molecule has 0 N–H and O–H groups in total. The van der Waals surface area contributed by atoms with Crippen LogP contribution in [0.3, 0.4) is 0 Å². The number of aryl methyl sites for hydroxylation is 1. The topological polar surface area (TPSA) is 60.7 Å². The van der Waals surface area contributed by atoms with Gasteiger partial charge in [-0.2, -0.15) is 0 Å². The fourth-order valence-electron chi connectivity index (χ4n) is 5.09. The van der Waals surface area contributed by atoms with Gasteiger partial charge in [0.05, 0.1) is 28.9 Å². The molecule has 0 spiro atoms. The lowest BCUT2D eigenvalue weighted by molar-refractivity contribution is 0.0600. The summed E-state index contributed by atoms with van der Waals surface area (Å²) in [7, 11) is 1.36. The molecule has 7 heteroatoms. The summed E-state index contributed by atoms with van der Waals surface area (Å²) in [6, 6.07) is 23.8. The monoisotopic (exact) mass is 524 g/mol. The fraction of sp³-hybridized carbons (Fsp3) is 0.167. The van der Waals surface area contributed by atoms with Crippen LogP contribution in [0.1, 0.15) is 45.1 Å². The first-order valence-electron chi connectivity index (χ1n) is 12.0. The van der Waals surface area contributed by atoms with Crippen molar-refractivity contribution in [1.29, 1.82) is 0 Å². The first-order valence-corrected chi connectivity index (χ1v) is 14.1. The number of allylic oxidation sites excluding steroid dienone is 1. The highest BCUT2D eigenvalue weighted by molar-refractivity contribution is 7.98. The van der Waals surface area contributed by atoms with Gasteiger partial charge in [0, 0.05) is 10.5 Å². The van der Waals surface area contributed by atoms with Crippen molar-refractivity contribution >= 4 is 40.8 Å². The maximum absolute atomic E-state index is 13.8. The molecule has 0 radical (unpaired) electrons. The van der Waals surface area contributed by atoms with Crippen molar-refractivity contribution in [3.8, 4) is 0 Å². The summed E-state index contributed by atoms with van der Waals surface area (Å²) >= 11 is 3.11. The van der Waals surface area contributed by atoms with Gasteiger partial charge in [0.25, 0.3) is 5.56 Å². The molecule has 37 heavy (non-hydrogen) atoms. The second-order valence-corrected chi connectivity index (χ2v) is 10.9. The van der Waals surface area contributed by atoms with E-state index in [9.17, 15) is 9.59 Å². The Hall–Kier alpha value is -3.68. The second kappa shape index (κ2) is 9.65. The van der Waals surface area contributed by atoms with E-state index in [1.807, 2.05) is 22.8 Å². The van der Waals surface area contributed by atoms with E-state index in [1.54, 1.807) is 23.9 Å². The van der Waals surface area contributed by atoms with Crippen molar-refractivity contribution in [1.82, 2.24) is 4.57 Å². The van der Waals surface area contributed by atoms with Crippen LogP contribution in [-0.4, -0.2) is 23.9 Å². The average molecular weight is 525 g/mol. The van der Waals surface area contributed by atoms with Gasteiger partial charge in [0.2, 0.25) is 0 Å². The normalized spacial score (nSPS) is 16.5. The van der Waals surface area contributed by atoms with E-state index in [0.717, 1.165) is 35.2 Å². The molecule has 0 unspecified atom stereocenters. The summed E-state index contributed by atoms with van der Waals surface area (Å²) in [4.78, 5) is 32.6. The Labute approximate surface area is 222 Å². The Morgan fingerprint density at radius 2 is 1.81 bits per heavy atom. The smallest absolute Gasteiger partial charge is 0.337 e. The molecule has 1 aromatic heterocycles. The lowest BCUT2D eigenvalue weighted by Gasteiger charge is -2.30. The molecule has 1 aliphatic carbocycles. The zero-order valence-electron chi connectivity index (χ0n) is 20.4. The molecule has 0 amide bonds. The molecule has 1 aliphatic heterocycles. The number of rotatable bonds is 4. The van der Waals surface area contributed by atoms with Gasteiger partial charge in [-0.1, -0.05) is 59.9 Å². The molecule has 5 nitrogen and oxygen atoms in total. The number of fused-ring (bicyclic) bond motifs is 3. The minimum Gasteiger partial charge on any atom is -0.465 e. The van der Waals surface area contributed by atoms with E-state index in [4.69, 9.17) is 9.73 Å². The van der Waals surface area contributed by atoms with E-state index < -0.39 is 0 Å². The maximum Gasteiger partial charge on any atom is 0.337 e. The molecule has 3 aromatic carbocycles. The van der Waals surface area contributed by atoms with Crippen LogP contribution >= 0.6 is 23.1 Å². The van der Waals surface area contributed by atoms with E-state index in [2.05, 4.69) is 54.8 Å². The molecule has 4 aromatic rings. The van der Waals surface area contributed by atoms with Crippen LogP contribution < -0.4 is 14.9 Å². The fourth-order valence-corrected chi connectivity index (χ4v) is 6.50.